The first-order valence-corrected chi connectivity index (χ1v) is 5.52. The van der Waals surface area contributed by atoms with E-state index in [0.717, 1.165) is 0 Å². The van der Waals surface area contributed by atoms with Gasteiger partial charge in [-0.15, -0.1) is 0 Å². The summed E-state index contributed by atoms with van der Waals surface area (Å²) in [6.45, 7) is 2.73. The minimum absolute atomic E-state index is 0.426. The summed E-state index contributed by atoms with van der Waals surface area (Å²) in [5.41, 5.74) is -0.808. The molecule has 0 spiro atoms. The van der Waals surface area contributed by atoms with Gasteiger partial charge in [0.05, 0.1) is 18.9 Å². The fourth-order valence-corrected chi connectivity index (χ4v) is 1.30. The zero-order valence-electron chi connectivity index (χ0n) is 10.6. The first-order valence-electron chi connectivity index (χ1n) is 5.52. The molecule has 5 heteroatoms. The van der Waals surface area contributed by atoms with E-state index in [1.54, 1.807) is 27.3 Å². The Kier molecular flexibility index (Phi) is 5.18. The van der Waals surface area contributed by atoms with Crippen molar-refractivity contribution in [1.29, 1.82) is 0 Å². The van der Waals surface area contributed by atoms with E-state index in [1.165, 1.54) is 0 Å². The van der Waals surface area contributed by atoms with Crippen LogP contribution in [-0.4, -0.2) is 43.1 Å². The Labute approximate surface area is 102 Å². The SMILES string of the molecule is COCCC(C)(O)CNc1ccc(OC)cn1. The zero-order chi connectivity index (χ0) is 12.7. The van der Waals surface area contributed by atoms with Gasteiger partial charge in [0.2, 0.25) is 0 Å². The van der Waals surface area contributed by atoms with Crippen molar-refractivity contribution in [3.63, 3.8) is 0 Å². The highest BCUT2D eigenvalue weighted by molar-refractivity contribution is 5.37. The van der Waals surface area contributed by atoms with E-state index in [0.29, 0.717) is 31.1 Å². The molecular formula is C12H20N2O3. The van der Waals surface area contributed by atoms with E-state index < -0.39 is 5.60 Å². The summed E-state index contributed by atoms with van der Waals surface area (Å²) in [6.07, 6.45) is 2.21. The molecule has 17 heavy (non-hydrogen) atoms. The third-order valence-corrected chi connectivity index (χ3v) is 2.47. The fourth-order valence-electron chi connectivity index (χ4n) is 1.30. The summed E-state index contributed by atoms with van der Waals surface area (Å²) in [7, 11) is 3.22. The number of aromatic nitrogens is 1. The molecule has 0 aliphatic heterocycles. The van der Waals surface area contributed by atoms with Gasteiger partial charge in [-0.3, -0.25) is 0 Å². The highest BCUT2D eigenvalue weighted by Gasteiger charge is 2.19. The van der Waals surface area contributed by atoms with Crippen molar-refractivity contribution in [3.05, 3.63) is 18.3 Å². The first-order chi connectivity index (χ1) is 8.07. The molecule has 5 nitrogen and oxygen atoms in total. The van der Waals surface area contributed by atoms with Crippen LogP contribution in [0, 0.1) is 0 Å². The predicted octanol–water partition coefficient (Wildman–Crippen LogP) is 1.29. The summed E-state index contributed by atoms with van der Waals surface area (Å²) < 4.78 is 9.95. The molecule has 0 amide bonds. The number of hydrogen-bond acceptors (Lipinski definition) is 5. The molecule has 0 radical (unpaired) electrons. The molecule has 0 fully saturated rings. The second-order valence-corrected chi connectivity index (χ2v) is 4.18. The predicted molar refractivity (Wildman–Crippen MR) is 66.4 cm³/mol. The van der Waals surface area contributed by atoms with Crippen molar-refractivity contribution < 1.29 is 14.6 Å². The van der Waals surface area contributed by atoms with Crippen LogP contribution in [0.25, 0.3) is 0 Å². The molecular weight excluding hydrogens is 220 g/mol. The van der Waals surface area contributed by atoms with E-state index in [2.05, 4.69) is 10.3 Å². The van der Waals surface area contributed by atoms with Gasteiger partial charge in [0.15, 0.2) is 0 Å². The molecule has 2 N–H and O–H groups in total. The largest absolute Gasteiger partial charge is 0.495 e. The van der Waals surface area contributed by atoms with Crippen LogP contribution in [0.5, 0.6) is 5.75 Å². The molecule has 1 aromatic rings. The molecule has 1 unspecified atom stereocenters. The van der Waals surface area contributed by atoms with Gasteiger partial charge in [-0.25, -0.2) is 4.98 Å². The molecule has 0 saturated heterocycles. The van der Waals surface area contributed by atoms with Gasteiger partial charge < -0.3 is 19.9 Å². The molecule has 1 aromatic heterocycles. The lowest BCUT2D eigenvalue weighted by Gasteiger charge is -2.23. The Morgan fingerprint density at radius 1 is 1.41 bits per heavy atom. The maximum atomic E-state index is 10.0. The van der Waals surface area contributed by atoms with E-state index in [9.17, 15) is 5.11 Å². The molecule has 1 rings (SSSR count). The zero-order valence-corrected chi connectivity index (χ0v) is 10.6. The summed E-state index contributed by atoms with van der Waals surface area (Å²) in [5.74, 6) is 1.42. The molecule has 0 bridgehead atoms. The minimum atomic E-state index is -0.808. The number of nitrogens with one attached hydrogen (secondary N) is 1. The van der Waals surface area contributed by atoms with Gasteiger partial charge >= 0.3 is 0 Å². The van der Waals surface area contributed by atoms with Gasteiger partial charge in [-0.1, -0.05) is 0 Å². The van der Waals surface area contributed by atoms with Crippen molar-refractivity contribution in [2.45, 2.75) is 18.9 Å². The Morgan fingerprint density at radius 2 is 2.18 bits per heavy atom. The Bertz CT molecular complexity index is 325. The lowest BCUT2D eigenvalue weighted by atomic mass is 10.0. The highest BCUT2D eigenvalue weighted by Crippen LogP contribution is 2.14. The first kappa shape index (κ1) is 13.7. The summed E-state index contributed by atoms with van der Waals surface area (Å²) in [6, 6.07) is 3.63. The van der Waals surface area contributed by atoms with Gasteiger partial charge in [-0.05, 0) is 19.1 Å². The van der Waals surface area contributed by atoms with E-state index in [-0.39, 0.29) is 0 Å². The third-order valence-electron chi connectivity index (χ3n) is 2.47. The number of nitrogens with zero attached hydrogens (tertiary/aromatic N) is 1. The smallest absolute Gasteiger partial charge is 0.137 e. The summed E-state index contributed by atoms with van der Waals surface area (Å²) in [4.78, 5) is 4.15. The van der Waals surface area contributed by atoms with Crippen LogP contribution >= 0.6 is 0 Å². The van der Waals surface area contributed by atoms with Crippen LogP contribution in [-0.2, 0) is 4.74 Å². The molecule has 0 aliphatic carbocycles. The number of hydrogen-bond donors (Lipinski definition) is 2. The standard InChI is InChI=1S/C12H20N2O3/c1-12(15,6-7-16-2)9-14-11-5-4-10(17-3)8-13-11/h4-5,8,15H,6-7,9H2,1-3H3,(H,13,14). The van der Waals surface area contributed by atoms with Crippen molar-refractivity contribution in [2.24, 2.45) is 0 Å². The molecule has 1 heterocycles. The number of anilines is 1. The van der Waals surface area contributed by atoms with Crippen LogP contribution in [0.3, 0.4) is 0 Å². The van der Waals surface area contributed by atoms with Crippen molar-refractivity contribution in [2.75, 3.05) is 32.7 Å². The molecule has 0 aliphatic rings. The maximum Gasteiger partial charge on any atom is 0.137 e. The number of methoxy groups -OCH3 is 2. The van der Waals surface area contributed by atoms with Crippen LogP contribution in [0.1, 0.15) is 13.3 Å². The average molecular weight is 240 g/mol. The Balaban J connectivity index is 2.43. The van der Waals surface area contributed by atoms with Gasteiger partial charge in [0, 0.05) is 26.7 Å². The third kappa shape index (κ3) is 5.01. The van der Waals surface area contributed by atoms with E-state index >= 15 is 0 Å². The quantitative estimate of drug-likeness (QED) is 0.752. The molecule has 0 aromatic carbocycles. The Hall–Kier alpha value is -1.33. The van der Waals surface area contributed by atoms with Gasteiger partial charge in [0.25, 0.3) is 0 Å². The van der Waals surface area contributed by atoms with Crippen molar-refractivity contribution >= 4 is 5.82 Å². The fraction of sp³-hybridized carbons (Fsp3) is 0.583. The topological polar surface area (TPSA) is 63.6 Å². The van der Waals surface area contributed by atoms with Crippen LogP contribution in [0.15, 0.2) is 18.3 Å². The molecule has 1 atom stereocenters. The van der Waals surface area contributed by atoms with Gasteiger partial charge in [0.1, 0.15) is 11.6 Å². The van der Waals surface area contributed by atoms with Gasteiger partial charge in [-0.2, -0.15) is 0 Å². The van der Waals surface area contributed by atoms with Crippen molar-refractivity contribution in [3.8, 4) is 5.75 Å². The minimum Gasteiger partial charge on any atom is -0.495 e. The number of pyridine rings is 1. The van der Waals surface area contributed by atoms with Crippen LogP contribution in [0.2, 0.25) is 0 Å². The van der Waals surface area contributed by atoms with E-state index in [4.69, 9.17) is 9.47 Å². The maximum absolute atomic E-state index is 10.0. The average Bonchev–Trinajstić information content (AvgIpc) is 2.35. The number of ether oxygens (including phenoxy) is 2. The van der Waals surface area contributed by atoms with Crippen LogP contribution < -0.4 is 10.1 Å². The van der Waals surface area contributed by atoms with E-state index in [1.807, 2.05) is 12.1 Å². The van der Waals surface area contributed by atoms with Crippen LogP contribution in [0.4, 0.5) is 5.82 Å². The second-order valence-electron chi connectivity index (χ2n) is 4.18. The summed E-state index contributed by atoms with van der Waals surface area (Å²) >= 11 is 0. The summed E-state index contributed by atoms with van der Waals surface area (Å²) in [5, 5.41) is 13.1. The number of rotatable bonds is 7. The second kappa shape index (κ2) is 6.42. The lowest BCUT2D eigenvalue weighted by Crippen LogP contribution is -2.34. The molecule has 96 valence electrons. The monoisotopic (exact) mass is 240 g/mol. The lowest BCUT2D eigenvalue weighted by molar-refractivity contribution is 0.0357. The number of aliphatic hydroxyl groups is 1. The molecule has 0 saturated carbocycles. The normalized spacial score (nSPS) is 14.1. The highest BCUT2D eigenvalue weighted by atomic mass is 16.5. The van der Waals surface area contributed by atoms with Crippen molar-refractivity contribution in [1.82, 2.24) is 4.98 Å². The Morgan fingerprint density at radius 3 is 2.71 bits per heavy atom.